The van der Waals surface area contributed by atoms with Crippen molar-refractivity contribution in [3.63, 3.8) is 0 Å². The first-order chi connectivity index (χ1) is 6.97. The van der Waals surface area contributed by atoms with Crippen molar-refractivity contribution in [2.24, 2.45) is 11.5 Å². The Balaban J connectivity index is 0.00000225. The van der Waals surface area contributed by atoms with Gasteiger partial charge in [-0.15, -0.1) is 12.4 Å². The molecule has 8 heteroatoms. The van der Waals surface area contributed by atoms with Crippen LogP contribution in [-0.2, 0) is 0 Å². The maximum absolute atomic E-state index is 10.6. The second-order valence-corrected chi connectivity index (χ2v) is 3.88. The molecule has 0 heterocycles. The van der Waals surface area contributed by atoms with Crippen molar-refractivity contribution < 1.29 is 10.0 Å². The van der Waals surface area contributed by atoms with Gasteiger partial charge in [0.25, 0.3) is 0 Å². The summed E-state index contributed by atoms with van der Waals surface area (Å²) in [6.45, 7) is 0.0984. The van der Waals surface area contributed by atoms with E-state index in [1.165, 1.54) is 12.1 Å². The lowest BCUT2D eigenvalue weighted by atomic mass is 10.1. The van der Waals surface area contributed by atoms with Crippen molar-refractivity contribution in [3.05, 3.63) is 32.3 Å². The van der Waals surface area contributed by atoms with Crippen LogP contribution in [-0.4, -0.2) is 16.6 Å². The Kier molecular flexibility index (Phi) is 5.66. The Morgan fingerprint density at radius 2 is 2.12 bits per heavy atom. The molecule has 6 nitrogen and oxygen atoms in total. The van der Waals surface area contributed by atoms with E-state index >= 15 is 0 Å². The van der Waals surface area contributed by atoms with E-state index in [1.807, 2.05) is 0 Å². The molecule has 0 unspecified atom stereocenters. The molecule has 0 amide bonds. The van der Waals surface area contributed by atoms with Crippen LogP contribution in [0.25, 0.3) is 0 Å². The van der Waals surface area contributed by atoms with Crippen LogP contribution in [0.2, 0.25) is 0 Å². The summed E-state index contributed by atoms with van der Waals surface area (Å²) < 4.78 is 0.478. The number of hydrogen-bond donors (Lipinski definition) is 3. The molecule has 0 spiro atoms. The summed E-state index contributed by atoms with van der Waals surface area (Å²) in [6, 6.07) is 2.10. The van der Waals surface area contributed by atoms with Crippen LogP contribution in [0.3, 0.4) is 0 Å². The van der Waals surface area contributed by atoms with Gasteiger partial charge in [0, 0.05) is 28.7 Å². The SMILES string of the molecule is Cl.NC[C@H](N)c1cc(Br)cc([N+](=O)[O-])c1O. The van der Waals surface area contributed by atoms with Crippen LogP contribution < -0.4 is 11.5 Å². The fourth-order valence-corrected chi connectivity index (χ4v) is 1.62. The fraction of sp³-hybridized carbons (Fsp3) is 0.250. The predicted octanol–water partition coefficient (Wildman–Crippen LogP) is 1.44. The van der Waals surface area contributed by atoms with Crippen LogP contribution in [0, 0.1) is 10.1 Å². The Morgan fingerprint density at radius 3 is 2.56 bits per heavy atom. The summed E-state index contributed by atoms with van der Waals surface area (Å²) in [5.41, 5.74) is 10.8. The molecule has 5 N–H and O–H groups in total. The second-order valence-electron chi connectivity index (χ2n) is 2.96. The Morgan fingerprint density at radius 1 is 1.56 bits per heavy atom. The third-order valence-electron chi connectivity index (χ3n) is 1.93. The number of benzene rings is 1. The number of aromatic hydroxyl groups is 1. The van der Waals surface area contributed by atoms with Crippen molar-refractivity contribution in [3.8, 4) is 5.75 Å². The molecule has 1 aromatic carbocycles. The third-order valence-corrected chi connectivity index (χ3v) is 2.39. The highest BCUT2D eigenvalue weighted by Gasteiger charge is 2.21. The van der Waals surface area contributed by atoms with Crippen LogP contribution in [0.4, 0.5) is 5.69 Å². The Labute approximate surface area is 106 Å². The zero-order valence-corrected chi connectivity index (χ0v) is 10.5. The van der Waals surface area contributed by atoms with Crippen LogP contribution >= 0.6 is 28.3 Å². The van der Waals surface area contributed by atoms with E-state index in [0.717, 1.165) is 0 Å². The van der Waals surface area contributed by atoms with Gasteiger partial charge in [0.2, 0.25) is 0 Å². The maximum atomic E-state index is 10.6. The molecule has 0 aliphatic heterocycles. The first kappa shape index (κ1) is 15.1. The molecule has 90 valence electrons. The highest BCUT2D eigenvalue weighted by molar-refractivity contribution is 9.10. The molecule has 16 heavy (non-hydrogen) atoms. The van der Waals surface area contributed by atoms with Gasteiger partial charge in [0.1, 0.15) is 0 Å². The van der Waals surface area contributed by atoms with Crippen molar-refractivity contribution in [2.75, 3.05) is 6.54 Å². The molecule has 0 bridgehead atoms. The lowest BCUT2D eigenvalue weighted by Gasteiger charge is -2.11. The van der Waals surface area contributed by atoms with Gasteiger partial charge in [0.15, 0.2) is 5.75 Å². The van der Waals surface area contributed by atoms with Crippen LogP contribution in [0.5, 0.6) is 5.75 Å². The van der Waals surface area contributed by atoms with Crippen LogP contribution in [0.1, 0.15) is 11.6 Å². The van der Waals surface area contributed by atoms with Gasteiger partial charge in [-0.2, -0.15) is 0 Å². The van der Waals surface area contributed by atoms with Gasteiger partial charge in [-0.25, -0.2) is 0 Å². The van der Waals surface area contributed by atoms with Crippen molar-refractivity contribution in [1.29, 1.82) is 0 Å². The first-order valence-corrected chi connectivity index (χ1v) is 4.89. The van der Waals surface area contributed by atoms with E-state index in [-0.39, 0.29) is 30.2 Å². The third kappa shape index (κ3) is 3.05. The quantitative estimate of drug-likeness (QED) is 0.577. The van der Waals surface area contributed by atoms with E-state index in [4.69, 9.17) is 11.5 Å². The first-order valence-electron chi connectivity index (χ1n) is 4.09. The molecule has 0 aromatic heterocycles. The smallest absolute Gasteiger partial charge is 0.312 e. The molecule has 0 aliphatic carbocycles. The van der Waals surface area contributed by atoms with Crippen molar-refractivity contribution in [2.45, 2.75) is 6.04 Å². The Bertz CT molecular complexity index is 402. The number of rotatable bonds is 3. The summed E-state index contributed by atoms with van der Waals surface area (Å²) in [7, 11) is 0. The number of nitrogens with two attached hydrogens (primary N) is 2. The van der Waals surface area contributed by atoms with Gasteiger partial charge >= 0.3 is 5.69 Å². The number of nitro groups is 1. The summed E-state index contributed by atoms with van der Waals surface area (Å²) in [6.07, 6.45) is 0. The summed E-state index contributed by atoms with van der Waals surface area (Å²) in [4.78, 5) is 9.92. The number of phenolic OH excluding ortho intramolecular Hbond substituents is 1. The predicted molar refractivity (Wildman–Crippen MR) is 65.7 cm³/mol. The molecule has 1 atom stereocenters. The molecule has 0 saturated carbocycles. The molecule has 0 fully saturated rings. The summed E-state index contributed by atoms with van der Waals surface area (Å²) >= 11 is 3.10. The van der Waals surface area contributed by atoms with Gasteiger partial charge in [0.05, 0.1) is 4.92 Å². The maximum Gasteiger partial charge on any atom is 0.312 e. The zero-order chi connectivity index (χ0) is 11.6. The van der Waals surface area contributed by atoms with E-state index in [0.29, 0.717) is 4.47 Å². The summed E-state index contributed by atoms with van der Waals surface area (Å²) in [5, 5.41) is 20.2. The van der Waals surface area contributed by atoms with Crippen molar-refractivity contribution >= 4 is 34.0 Å². The van der Waals surface area contributed by atoms with E-state index < -0.39 is 16.7 Å². The van der Waals surface area contributed by atoms with Gasteiger partial charge in [-0.3, -0.25) is 10.1 Å². The second kappa shape index (κ2) is 6.00. The molecular formula is C8H11BrClN3O3. The van der Waals surface area contributed by atoms with Crippen molar-refractivity contribution in [1.82, 2.24) is 0 Å². The number of nitro benzene ring substituents is 1. The van der Waals surface area contributed by atoms with Gasteiger partial charge < -0.3 is 16.6 Å². The number of nitrogens with zero attached hydrogens (tertiary/aromatic N) is 1. The zero-order valence-electron chi connectivity index (χ0n) is 8.09. The molecule has 1 aromatic rings. The van der Waals surface area contributed by atoms with Crippen LogP contribution in [0.15, 0.2) is 16.6 Å². The van der Waals surface area contributed by atoms with E-state index in [2.05, 4.69) is 15.9 Å². The minimum atomic E-state index is -0.674. The lowest BCUT2D eigenvalue weighted by Crippen LogP contribution is -2.21. The molecule has 0 saturated heterocycles. The highest BCUT2D eigenvalue weighted by Crippen LogP contribution is 2.35. The minimum Gasteiger partial charge on any atom is -0.502 e. The summed E-state index contributed by atoms with van der Waals surface area (Å²) in [5.74, 6) is -0.429. The topological polar surface area (TPSA) is 115 Å². The average Bonchev–Trinajstić information content (AvgIpc) is 2.19. The standard InChI is InChI=1S/C8H10BrN3O3.ClH/c9-4-1-5(6(11)3-10)8(13)7(2-4)12(14)15;/h1-2,6,13H,3,10-11H2;1H/t6-;/m0./s1. The lowest BCUT2D eigenvalue weighted by molar-refractivity contribution is -0.386. The average molecular weight is 313 g/mol. The minimum absolute atomic E-state index is 0. The molecule has 0 aliphatic rings. The molecule has 1 rings (SSSR count). The van der Waals surface area contributed by atoms with E-state index in [9.17, 15) is 15.2 Å². The fourth-order valence-electron chi connectivity index (χ4n) is 1.15. The molecular weight excluding hydrogens is 301 g/mol. The van der Waals surface area contributed by atoms with Gasteiger partial charge in [-0.1, -0.05) is 15.9 Å². The number of hydrogen-bond acceptors (Lipinski definition) is 5. The van der Waals surface area contributed by atoms with Gasteiger partial charge in [-0.05, 0) is 6.07 Å². The number of halogens is 2. The largest absolute Gasteiger partial charge is 0.502 e. The highest BCUT2D eigenvalue weighted by atomic mass is 79.9. The Hall–Kier alpha value is -0.890. The molecule has 0 radical (unpaired) electrons. The van der Waals surface area contributed by atoms with E-state index in [1.54, 1.807) is 0 Å². The monoisotopic (exact) mass is 311 g/mol. The normalized spacial score (nSPS) is 11.7. The number of phenols is 1.